The second-order valence-corrected chi connectivity index (χ2v) is 12.0. The van der Waals surface area contributed by atoms with E-state index in [9.17, 15) is 19.7 Å². The second-order valence-electron chi connectivity index (χ2n) is 10.3. The normalized spacial score (nSPS) is 24.2. The molecule has 2 aromatic rings. The summed E-state index contributed by atoms with van der Waals surface area (Å²) in [6.07, 6.45) is 0.877. The average molecular weight is 618 g/mol. The first-order chi connectivity index (χ1) is 20.6. The van der Waals surface area contributed by atoms with Gasteiger partial charge in [0, 0.05) is 5.92 Å². The summed E-state index contributed by atoms with van der Waals surface area (Å²) in [5.74, 6) is -0.749. The molecule has 1 aromatic carbocycles. The van der Waals surface area contributed by atoms with Crippen molar-refractivity contribution in [2.24, 2.45) is 22.6 Å². The zero-order valence-corrected chi connectivity index (χ0v) is 25.8. The Morgan fingerprint density at radius 2 is 2.00 bits per heavy atom. The fraction of sp³-hybridized carbons (Fsp3) is 0.517. The number of nitrogens with two attached hydrogens (primary N) is 2. The predicted molar refractivity (Wildman–Crippen MR) is 160 cm³/mol. The number of nitriles is 1. The number of ether oxygens (including phenoxy) is 2. The number of amidine groups is 1. The number of aromatic nitrogens is 1. The van der Waals surface area contributed by atoms with Crippen molar-refractivity contribution in [1.29, 1.82) is 5.26 Å². The van der Waals surface area contributed by atoms with Gasteiger partial charge in [0.1, 0.15) is 29.7 Å². The van der Waals surface area contributed by atoms with Crippen LogP contribution in [0.2, 0.25) is 0 Å². The van der Waals surface area contributed by atoms with Crippen LogP contribution in [0, 0.1) is 23.2 Å². The van der Waals surface area contributed by atoms with Gasteiger partial charge in [0.25, 0.3) is 12.2 Å². The molecule has 2 unspecified atom stereocenters. The number of carbonyl (C=O) groups is 1. The number of nitrogens with one attached hydrogen (secondary N) is 2. The molecule has 43 heavy (non-hydrogen) atoms. The zero-order valence-electron chi connectivity index (χ0n) is 24.9. The summed E-state index contributed by atoms with van der Waals surface area (Å²) in [5.41, 5.74) is 5.08. The van der Waals surface area contributed by atoms with Gasteiger partial charge in [-0.2, -0.15) is 10.3 Å². The number of aromatic amines is 1. The molecule has 14 heteroatoms. The molecule has 234 valence electrons. The Labute approximate surface area is 251 Å². The van der Waals surface area contributed by atoms with Gasteiger partial charge < -0.3 is 29.8 Å². The zero-order chi connectivity index (χ0) is 31.6. The topological polar surface area (TPSA) is 207 Å². The van der Waals surface area contributed by atoms with Crippen LogP contribution in [-0.2, 0) is 29.0 Å². The first-order valence-electron chi connectivity index (χ1n) is 14.3. The lowest BCUT2D eigenvalue weighted by Crippen LogP contribution is -2.37. The molecule has 1 aliphatic rings. The highest BCUT2D eigenvalue weighted by Gasteiger charge is 2.56. The van der Waals surface area contributed by atoms with Gasteiger partial charge in [-0.1, -0.05) is 51.8 Å². The minimum absolute atomic E-state index is 0.103. The van der Waals surface area contributed by atoms with Crippen LogP contribution in [0.3, 0.4) is 0 Å². The smallest absolute Gasteiger partial charge is 0.459 e. The predicted octanol–water partition coefficient (Wildman–Crippen LogP) is 2.17. The Hall–Kier alpha value is -3.53. The molecule has 0 saturated carbocycles. The molecule has 0 aliphatic carbocycles. The summed E-state index contributed by atoms with van der Waals surface area (Å²) in [7, 11) is -4.24. The average Bonchev–Trinajstić information content (AvgIpc) is 3.60. The summed E-state index contributed by atoms with van der Waals surface area (Å²) in [6.45, 7) is 7.16. The number of para-hydroxylation sites is 1. The van der Waals surface area contributed by atoms with Crippen LogP contribution in [0.1, 0.15) is 58.3 Å². The van der Waals surface area contributed by atoms with Crippen molar-refractivity contribution in [3.8, 4) is 11.8 Å². The van der Waals surface area contributed by atoms with Gasteiger partial charge in [-0.25, -0.2) is 4.57 Å². The van der Waals surface area contributed by atoms with Crippen molar-refractivity contribution < 1.29 is 38.4 Å². The van der Waals surface area contributed by atoms with E-state index in [1.807, 2.05) is 20.8 Å². The molecule has 13 nitrogen and oxygen atoms in total. The standard InChI is InChI=1S/C29H41N6O7P/c1-5-20(6-2)15-39-28(37)19(4)35-43(38,42-21-11-9-8-10-12-21)40-16-24-26(36)22(7-3)29(17-30,41-24)25-14-13-23(34-25)27(32)33-18-31/h8-14,18-20,22,24,26,34,36H,5-7,15-16H2,1-4H3,(H,35,38)(H3,31,32,33)/p+1/t19-,22?,24+,26-,29+,43?/m0/s1. The molecular formula is C29H42N6O7P+. The molecule has 3 rings (SSSR count). The van der Waals surface area contributed by atoms with Crippen molar-refractivity contribution in [2.45, 2.75) is 70.8 Å². The minimum atomic E-state index is -4.24. The maximum atomic E-state index is 14.0. The quantitative estimate of drug-likeness (QED) is 0.0803. The third-order valence-corrected chi connectivity index (χ3v) is 9.18. The number of benzene rings is 1. The first-order valence-corrected chi connectivity index (χ1v) is 15.9. The van der Waals surface area contributed by atoms with E-state index in [0.29, 0.717) is 17.8 Å². The van der Waals surface area contributed by atoms with Gasteiger partial charge in [0.15, 0.2) is 5.60 Å². The third kappa shape index (κ3) is 8.10. The molecule has 1 aliphatic heterocycles. The van der Waals surface area contributed by atoms with Gasteiger partial charge >= 0.3 is 13.7 Å². The summed E-state index contributed by atoms with van der Waals surface area (Å²) in [6, 6.07) is 12.7. The Balaban J connectivity index is 1.82. The number of hydrogen-bond acceptors (Lipinski definition) is 8. The molecule has 2 heterocycles. The van der Waals surface area contributed by atoms with E-state index in [1.165, 1.54) is 6.92 Å². The first kappa shape index (κ1) is 34.0. The largest absolute Gasteiger partial charge is 0.464 e. The van der Waals surface area contributed by atoms with E-state index < -0.39 is 50.1 Å². The Kier molecular flexibility index (Phi) is 12.1. The highest BCUT2D eigenvalue weighted by molar-refractivity contribution is 7.52. The number of aliphatic hydroxyl groups is 1. The lowest BCUT2D eigenvalue weighted by atomic mass is 9.81. The maximum Gasteiger partial charge on any atom is 0.459 e. The van der Waals surface area contributed by atoms with Gasteiger partial charge in [-0.05, 0) is 48.5 Å². The van der Waals surface area contributed by atoms with Crippen molar-refractivity contribution in [3.05, 3.63) is 53.9 Å². The number of aliphatic hydroxyl groups excluding tert-OH is 1. The van der Waals surface area contributed by atoms with Crippen LogP contribution in [0.15, 0.2) is 47.5 Å². The van der Waals surface area contributed by atoms with Gasteiger partial charge in [0.05, 0.1) is 25.0 Å². The van der Waals surface area contributed by atoms with E-state index in [1.54, 1.807) is 42.5 Å². The third-order valence-electron chi connectivity index (χ3n) is 7.53. The summed E-state index contributed by atoms with van der Waals surface area (Å²) >= 11 is 0. The highest BCUT2D eigenvalue weighted by Crippen LogP contribution is 2.49. The summed E-state index contributed by atoms with van der Waals surface area (Å²) < 4.78 is 37.1. The number of carbonyl (C=O) groups excluding carboxylic acids is 1. The molecule has 0 bridgehead atoms. The maximum absolute atomic E-state index is 14.0. The van der Waals surface area contributed by atoms with Gasteiger partial charge in [-0.3, -0.25) is 14.7 Å². The number of nitrogens with zero attached hydrogens (tertiary/aromatic N) is 2. The Bertz CT molecular complexity index is 1340. The minimum Gasteiger partial charge on any atom is -0.464 e. The number of aliphatic imine (C=N–C) groups is 1. The molecule has 1 aromatic heterocycles. The molecule has 0 amide bonds. The van der Waals surface area contributed by atoms with Crippen molar-refractivity contribution in [2.75, 3.05) is 13.2 Å². The molecule has 7 N–H and O–H groups in total. The SMILES string of the molecule is CCC(CC)COC(=O)[C@H](C)NP(=O)(OC[C@H]1O[C@@](C#N)(c2ccc(C(N)=NC=[NH2+])[nH]2)C(CC)[C@@H]1O)Oc1ccccc1. The highest BCUT2D eigenvalue weighted by atomic mass is 31.2. The Morgan fingerprint density at radius 1 is 1.30 bits per heavy atom. The number of H-pyrrole nitrogens is 1. The van der Waals surface area contributed by atoms with E-state index in [4.69, 9.17) is 29.7 Å². The van der Waals surface area contributed by atoms with Crippen LogP contribution in [0.25, 0.3) is 0 Å². The van der Waals surface area contributed by atoms with Crippen LogP contribution in [0.4, 0.5) is 0 Å². The van der Waals surface area contributed by atoms with Crippen molar-refractivity contribution >= 4 is 25.9 Å². The molecular weight excluding hydrogens is 575 g/mol. The van der Waals surface area contributed by atoms with Crippen molar-refractivity contribution in [3.63, 3.8) is 0 Å². The van der Waals surface area contributed by atoms with Crippen LogP contribution in [0.5, 0.6) is 5.75 Å². The monoisotopic (exact) mass is 617 g/mol. The number of esters is 1. The number of rotatable bonds is 16. The van der Waals surface area contributed by atoms with Crippen LogP contribution in [-0.4, -0.2) is 59.7 Å². The van der Waals surface area contributed by atoms with Crippen LogP contribution >= 0.6 is 7.75 Å². The molecule has 0 radical (unpaired) electrons. The fourth-order valence-electron chi connectivity index (χ4n) is 4.92. The lowest BCUT2D eigenvalue weighted by Gasteiger charge is -2.26. The summed E-state index contributed by atoms with van der Waals surface area (Å²) in [4.78, 5) is 19.6. The van der Waals surface area contributed by atoms with Gasteiger partial charge in [0.2, 0.25) is 0 Å². The number of hydrogen-bond donors (Lipinski definition) is 5. The van der Waals surface area contributed by atoms with Gasteiger partial charge in [-0.15, -0.1) is 0 Å². The van der Waals surface area contributed by atoms with E-state index >= 15 is 0 Å². The lowest BCUT2D eigenvalue weighted by molar-refractivity contribution is -0.146. The van der Waals surface area contributed by atoms with E-state index in [-0.39, 0.29) is 24.1 Å². The van der Waals surface area contributed by atoms with Crippen LogP contribution < -0.4 is 20.8 Å². The van der Waals surface area contributed by atoms with E-state index in [0.717, 1.165) is 19.2 Å². The second kappa shape index (κ2) is 15.3. The molecule has 1 fully saturated rings. The Morgan fingerprint density at radius 3 is 2.60 bits per heavy atom. The summed E-state index contributed by atoms with van der Waals surface area (Å²) in [5, 5.41) is 29.5. The molecule has 1 saturated heterocycles. The molecule has 0 spiro atoms. The fourth-order valence-corrected chi connectivity index (χ4v) is 6.42. The van der Waals surface area contributed by atoms with E-state index in [2.05, 4.69) is 21.1 Å². The molecule has 6 atom stereocenters. The van der Waals surface area contributed by atoms with Crippen molar-refractivity contribution in [1.82, 2.24) is 10.1 Å².